The molecule has 0 fully saturated rings. The molecule has 4 aromatic rings. The van der Waals surface area contributed by atoms with E-state index in [2.05, 4.69) is 66.9 Å². The van der Waals surface area contributed by atoms with Crippen LogP contribution < -0.4 is 10.6 Å². The summed E-state index contributed by atoms with van der Waals surface area (Å²) in [5, 5.41) is 8.72. The molecule has 2 N–H and O–H groups in total. The van der Waals surface area contributed by atoms with Crippen LogP contribution in [0.3, 0.4) is 0 Å². The normalized spacial score (nSPS) is 16.4. The van der Waals surface area contributed by atoms with Gasteiger partial charge in [-0.1, -0.05) is 25.1 Å². The van der Waals surface area contributed by atoms with E-state index in [1.54, 1.807) is 11.3 Å². The van der Waals surface area contributed by atoms with Crippen LogP contribution in [0.4, 0.5) is 5.69 Å². The first-order valence-electron chi connectivity index (χ1n) is 10.1. The zero-order chi connectivity index (χ0) is 20.1. The summed E-state index contributed by atoms with van der Waals surface area (Å²) in [6.45, 7) is 7.05. The molecule has 0 radical (unpaired) electrons. The van der Waals surface area contributed by atoms with Crippen LogP contribution in [0.2, 0.25) is 0 Å². The number of nitrogens with zero attached hydrogens (tertiary/aromatic N) is 1. The van der Waals surface area contributed by atoms with E-state index in [1.165, 1.54) is 16.7 Å². The second kappa shape index (κ2) is 6.85. The second-order valence-electron chi connectivity index (χ2n) is 7.77. The number of carbonyl (C=O) groups excluding carboxylic acids is 1. The Labute approximate surface area is 174 Å². The third-order valence-electron chi connectivity index (χ3n) is 5.67. The molecule has 29 heavy (non-hydrogen) atoms. The molecule has 0 spiro atoms. The number of fused-ring (bicyclic) bond motifs is 5. The van der Waals surface area contributed by atoms with Crippen LogP contribution in [-0.2, 0) is 6.42 Å². The molecule has 5 rings (SSSR count). The smallest absolute Gasteiger partial charge is 0.263 e. The van der Waals surface area contributed by atoms with Crippen LogP contribution in [0.5, 0.6) is 0 Å². The summed E-state index contributed by atoms with van der Waals surface area (Å²) in [6.07, 6.45) is 1.03. The monoisotopic (exact) mass is 401 g/mol. The zero-order valence-corrected chi connectivity index (χ0v) is 17.6. The Morgan fingerprint density at radius 3 is 2.83 bits per heavy atom. The molecule has 1 aliphatic heterocycles. The molecule has 0 unspecified atom stereocenters. The van der Waals surface area contributed by atoms with Gasteiger partial charge in [0, 0.05) is 33.6 Å². The number of hydrogen-bond donors (Lipinski definition) is 2. The van der Waals surface area contributed by atoms with Gasteiger partial charge in [0.25, 0.3) is 5.91 Å². The van der Waals surface area contributed by atoms with Crippen molar-refractivity contribution in [3.8, 4) is 11.3 Å². The van der Waals surface area contributed by atoms with E-state index in [9.17, 15) is 4.79 Å². The van der Waals surface area contributed by atoms with Crippen LogP contribution in [0.25, 0.3) is 32.2 Å². The molecule has 0 saturated heterocycles. The number of rotatable bonds is 2. The van der Waals surface area contributed by atoms with Crippen molar-refractivity contribution in [3.63, 3.8) is 0 Å². The minimum Gasteiger partial charge on any atom is -0.381 e. The number of aromatic nitrogens is 1. The van der Waals surface area contributed by atoms with Gasteiger partial charge in [0.2, 0.25) is 0 Å². The molecule has 1 atom stereocenters. The van der Waals surface area contributed by atoms with E-state index in [0.29, 0.717) is 0 Å². The number of benzene rings is 2. The van der Waals surface area contributed by atoms with Gasteiger partial charge >= 0.3 is 0 Å². The van der Waals surface area contributed by atoms with Gasteiger partial charge in [-0.3, -0.25) is 4.79 Å². The number of nitrogens with one attached hydrogen (secondary N) is 2. The first-order chi connectivity index (χ1) is 14.0. The molecule has 3 heterocycles. The minimum absolute atomic E-state index is 0.00284. The van der Waals surface area contributed by atoms with Crippen LogP contribution >= 0.6 is 11.3 Å². The third kappa shape index (κ3) is 2.97. The van der Waals surface area contributed by atoms with E-state index in [-0.39, 0.29) is 11.9 Å². The Bertz CT molecular complexity index is 1270. The molecule has 0 saturated carbocycles. The van der Waals surface area contributed by atoms with Crippen molar-refractivity contribution in [1.29, 1.82) is 0 Å². The quantitative estimate of drug-likeness (QED) is 0.464. The van der Waals surface area contributed by atoms with E-state index in [0.717, 1.165) is 50.2 Å². The number of anilines is 1. The molecule has 146 valence electrons. The number of aryl methyl sites for hydroxylation is 2. The molecule has 2 aromatic carbocycles. The summed E-state index contributed by atoms with van der Waals surface area (Å²) >= 11 is 1.54. The maximum atomic E-state index is 12.6. The molecular formula is C24H23N3OS. The minimum atomic E-state index is 0.00284. The maximum absolute atomic E-state index is 12.6. The summed E-state index contributed by atoms with van der Waals surface area (Å²) in [5.41, 5.74) is 6.63. The topological polar surface area (TPSA) is 54.0 Å². The fourth-order valence-electron chi connectivity index (χ4n) is 4.11. The van der Waals surface area contributed by atoms with Crippen LogP contribution in [0, 0.1) is 6.92 Å². The molecule has 5 heteroatoms. The van der Waals surface area contributed by atoms with Crippen LogP contribution in [0.1, 0.15) is 34.6 Å². The molecule has 1 aliphatic rings. The Kier molecular flexibility index (Phi) is 4.28. The number of pyridine rings is 1. The van der Waals surface area contributed by atoms with Gasteiger partial charge in [-0.05, 0) is 55.7 Å². The predicted octanol–water partition coefficient (Wildman–Crippen LogP) is 5.53. The van der Waals surface area contributed by atoms with Crippen LogP contribution in [-0.4, -0.2) is 23.5 Å². The predicted molar refractivity (Wildman–Crippen MR) is 122 cm³/mol. The highest BCUT2D eigenvalue weighted by Crippen LogP contribution is 2.41. The highest BCUT2D eigenvalue weighted by molar-refractivity contribution is 7.21. The van der Waals surface area contributed by atoms with E-state index in [1.807, 2.05) is 6.92 Å². The molecule has 2 aromatic heterocycles. The standard InChI is InChI=1S/C24H23N3OS/c1-4-15-5-6-16(13(2)11-15)18-8-7-17-19(27-18)9-10-20-21(17)22-23(29-20)24(28)26-14(3)12-25-22/h5-11,14,25H,4,12H2,1-3H3,(H,26,28)/t14-/m1/s1. The maximum Gasteiger partial charge on any atom is 0.263 e. The summed E-state index contributed by atoms with van der Waals surface area (Å²) in [6, 6.07) is 15.1. The van der Waals surface area contributed by atoms with E-state index in [4.69, 9.17) is 4.98 Å². The summed E-state index contributed by atoms with van der Waals surface area (Å²) in [5.74, 6) is 0.00284. The zero-order valence-electron chi connectivity index (χ0n) is 16.8. The fraction of sp³-hybridized carbons (Fsp3) is 0.250. The van der Waals surface area contributed by atoms with Crippen molar-refractivity contribution in [3.05, 3.63) is 58.5 Å². The lowest BCUT2D eigenvalue weighted by Crippen LogP contribution is -2.34. The largest absolute Gasteiger partial charge is 0.381 e. The fourth-order valence-corrected chi connectivity index (χ4v) is 5.21. The molecule has 1 amide bonds. The number of carbonyl (C=O) groups is 1. The lowest BCUT2D eigenvalue weighted by molar-refractivity contribution is 0.0949. The molecular weight excluding hydrogens is 378 g/mol. The highest BCUT2D eigenvalue weighted by atomic mass is 32.1. The van der Waals surface area contributed by atoms with Crippen molar-refractivity contribution < 1.29 is 4.79 Å². The number of thiophene rings is 1. The van der Waals surface area contributed by atoms with Crippen molar-refractivity contribution in [2.75, 3.05) is 11.9 Å². The van der Waals surface area contributed by atoms with E-state index >= 15 is 0 Å². The lowest BCUT2D eigenvalue weighted by Gasteiger charge is -2.11. The molecule has 0 bridgehead atoms. The molecule has 4 nitrogen and oxygen atoms in total. The SMILES string of the molecule is CCc1ccc(-c2ccc3c(ccc4sc5c(c43)NC[C@@H](C)NC5=O)n2)c(C)c1. The van der Waals surface area contributed by atoms with Crippen molar-refractivity contribution in [2.45, 2.75) is 33.2 Å². The van der Waals surface area contributed by atoms with Crippen molar-refractivity contribution >= 4 is 43.9 Å². The Morgan fingerprint density at radius 2 is 2.03 bits per heavy atom. The van der Waals surface area contributed by atoms with Gasteiger partial charge in [-0.2, -0.15) is 0 Å². The Morgan fingerprint density at radius 1 is 1.17 bits per heavy atom. The average Bonchev–Trinajstić information content (AvgIpc) is 3.04. The first kappa shape index (κ1) is 18.1. The van der Waals surface area contributed by atoms with Gasteiger partial charge in [-0.25, -0.2) is 4.98 Å². The van der Waals surface area contributed by atoms with E-state index < -0.39 is 0 Å². The third-order valence-corrected chi connectivity index (χ3v) is 6.82. The van der Waals surface area contributed by atoms with Gasteiger partial charge < -0.3 is 10.6 Å². The first-order valence-corrected chi connectivity index (χ1v) is 10.9. The second-order valence-corrected chi connectivity index (χ2v) is 8.82. The Balaban J connectivity index is 1.69. The number of hydrogen-bond acceptors (Lipinski definition) is 4. The highest BCUT2D eigenvalue weighted by Gasteiger charge is 2.24. The van der Waals surface area contributed by atoms with Crippen LogP contribution in [0.15, 0.2) is 42.5 Å². The van der Waals surface area contributed by atoms with Gasteiger partial charge in [-0.15, -0.1) is 11.3 Å². The number of amides is 1. The summed E-state index contributed by atoms with van der Waals surface area (Å²) in [4.78, 5) is 18.3. The lowest BCUT2D eigenvalue weighted by atomic mass is 10.00. The average molecular weight is 402 g/mol. The summed E-state index contributed by atoms with van der Waals surface area (Å²) in [7, 11) is 0. The molecule has 0 aliphatic carbocycles. The Hall–Kier alpha value is -2.92. The van der Waals surface area contributed by atoms with Crippen molar-refractivity contribution in [1.82, 2.24) is 10.3 Å². The van der Waals surface area contributed by atoms with Gasteiger partial charge in [0.1, 0.15) is 4.88 Å². The van der Waals surface area contributed by atoms with Crippen molar-refractivity contribution in [2.24, 2.45) is 0 Å². The van der Waals surface area contributed by atoms with Gasteiger partial charge in [0.05, 0.1) is 16.9 Å². The summed E-state index contributed by atoms with van der Waals surface area (Å²) < 4.78 is 1.11. The van der Waals surface area contributed by atoms with Gasteiger partial charge in [0.15, 0.2) is 0 Å².